The number of aromatic amines is 1. The summed E-state index contributed by atoms with van der Waals surface area (Å²) in [5, 5.41) is 9.93. The van der Waals surface area contributed by atoms with Gasteiger partial charge in [-0.05, 0) is 37.1 Å². The van der Waals surface area contributed by atoms with Gasteiger partial charge in [0.2, 0.25) is 0 Å². The second-order valence-corrected chi connectivity index (χ2v) is 5.90. The van der Waals surface area contributed by atoms with Crippen molar-refractivity contribution in [1.82, 2.24) is 14.9 Å². The van der Waals surface area contributed by atoms with Crippen LogP contribution in [0.15, 0.2) is 35.1 Å². The summed E-state index contributed by atoms with van der Waals surface area (Å²) < 4.78 is 0. The summed E-state index contributed by atoms with van der Waals surface area (Å²) in [5.74, 6) is -0.0138. The van der Waals surface area contributed by atoms with E-state index in [0.717, 1.165) is 12.8 Å². The van der Waals surface area contributed by atoms with Gasteiger partial charge in [0.1, 0.15) is 11.5 Å². The zero-order chi connectivity index (χ0) is 16.4. The van der Waals surface area contributed by atoms with E-state index >= 15 is 0 Å². The summed E-state index contributed by atoms with van der Waals surface area (Å²) in [6.07, 6.45) is 1.60. The van der Waals surface area contributed by atoms with Crippen LogP contribution in [0.3, 0.4) is 0 Å². The number of rotatable bonds is 3. The first-order valence-electron chi connectivity index (χ1n) is 7.37. The second-order valence-electron chi connectivity index (χ2n) is 5.46. The van der Waals surface area contributed by atoms with Crippen LogP contribution in [0.2, 0.25) is 5.02 Å². The van der Waals surface area contributed by atoms with Gasteiger partial charge < -0.3 is 15.0 Å². The highest BCUT2D eigenvalue weighted by Gasteiger charge is 2.29. The Morgan fingerprint density at radius 1 is 1.39 bits per heavy atom. The number of nitrogens with zero attached hydrogens (tertiary/aromatic N) is 2. The monoisotopic (exact) mass is 333 g/mol. The molecular formula is C16H16ClN3O3. The van der Waals surface area contributed by atoms with E-state index < -0.39 is 5.56 Å². The van der Waals surface area contributed by atoms with Crippen LogP contribution in [0.5, 0.6) is 0 Å². The van der Waals surface area contributed by atoms with E-state index in [1.807, 2.05) is 0 Å². The Labute approximate surface area is 137 Å². The van der Waals surface area contributed by atoms with Crippen LogP contribution in [0.25, 0.3) is 11.4 Å². The third-order valence-corrected chi connectivity index (χ3v) is 4.18. The lowest BCUT2D eigenvalue weighted by Gasteiger charge is -2.22. The molecule has 1 atom stereocenters. The number of aliphatic hydroxyl groups is 1. The summed E-state index contributed by atoms with van der Waals surface area (Å²) in [6.45, 7) is 0.480. The van der Waals surface area contributed by atoms with Gasteiger partial charge in [-0.2, -0.15) is 0 Å². The minimum Gasteiger partial charge on any atom is -0.394 e. The lowest BCUT2D eigenvalue weighted by molar-refractivity contribution is 0.0671. The molecule has 1 aliphatic heterocycles. The Balaban J connectivity index is 1.96. The lowest BCUT2D eigenvalue weighted by Crippen LogP contribution is -2.38. The lowest BCUT2D eigenvalue weighted by atomic mass is 10.2. The van der Waals surface area contributed by atoms with Crippen molar-refractivity contribution in [2.45, 2.75) is 18.9 Å². The van der Waals surface area contributed by atoms with Crippen molar-refractivity contribution in [3.05, 3.63) is 51.4 Å². The van der Waals surface area contributed by atoms with Gasteiger partial charge >= 0.3 is 0 Å². The number of aromatic nitrogens is 2. The van der Waals surface area contributed by atoms with Gasteiger partial charge in [-0.3, -0.25) is 9.59 Å². The Hall–Kier alpha value is -2.18. The minimum atomic E-state index is -0.395. The van der Waals surface area contributed by atoms with Crippen molar-refractivity contribution in [3.8, 4) is 11.4 Å². The molecule has 0 saturated carbocycles. The number of amides is 1. The average Bonchev–Trinajstić information content (AvgIpc) is 3.02. The van der Waals surface area contributed by atoms with Crippen molar-refractivity contribution in [1.29, 1.82) is 0 Å². The van der Waals surface area contributed by atoms with Crippen LogP contribution in [-0.2, 0) is 0 Å². The molecule has 3 rings (SSSR count). The number of H-pyrrole nitrogens is 1. The first kappa shape index (κ1) is 15.7. The molecule has 2 aromatic rings. The predicted molar refractivity (Wildman–Crippen MR) is 86.4 cm³/mol. The summed E-state index contributed by atoms with van der Waals surface area (Å²) >= 11 is 5.85. The summed E-state index contributed by atoms with van der Waals surface area (Å²) in [5.41, 5.74) is 0.355. The van der Waals surface area contributed by atoms with Crippen LogP contribution < -0.4 is 5.56 Å². The molecule has 2 heterocycles. The van der Waals surface area contributed by atoms with Crippen LogP contribution in [0.4, 0.5) is 0 Å². The van der Waals surface area contributed by atoms with Gasteiger partial charge in [0, 0.05) is 23.2 Å². The molecule has 1 fully saturated rings. The van der Waals surface area contributed by atoms with Crippen LogP contribution in [0, 0.1) is 0 Å². The molecule has 0 spiro atoms. The van der Waals surface area contributed by atoms with Gasteiger partial charge in [-0.15, -0.1) is 0 Å². The fourth-order valence-electron chi connectivity index (χ4n) is 2.75. The summed E-state index contributed by atoms with van der Waals surface area (Å²) in [4.78, 5) is 32.9. The first-order chi connectivity index (χ1) is 11.1. The third-order valence-electron chi connectivity index (χ3n) is 3.93. The first-order valence-corrected chi connectivity index (χ1v) is 7.75. The van der Waals surface area contributed by atoms with Gasteiger partial charge in [-0.1, -0.05) is 11.6 Å². The van der Waals surface area contributed by atoms with Crippen molar-refractivity contribution < 1.29 is 9.90 Å². The smallest absolute Gasteiger partial charge is 0.273 e. The fraction of sp³-hybridized carbons (Fsp3) is 0.312. The number of carbonyl (C=O) groups excluding carboxylic acids is 1. The zero-order valence-electron chi connectivity index (χ0n) is 12.3. The molecule has 1 aromatic heterocycles. The van der Waals surface area contributed by atoms with Crippen molar-refractivity contribution >= 4 is 17.5 Å². The maximum absolute atomic E-state index is 12.6. The van der Waals surface area contributed by atoms with E-state index in [1.165, 1.54) is 6.07 Å². The third kappa shape index (κ3) is 3.28. The van der Waals surface area contributed by atoms with Gasteiger partial charge in [0.15, 0.2) is 0 Å². The van der Waals surface area contributed by atoms with E-state index in [1.54, 1.807) is 29.2 Å². The topological polar surface area (TPSA) is 86.3 Å². The molecule has 1 saturated heterocycles. The van der Waals surface area contributed by atoms with E-state index in [2.05, 4.69) is 9.97 Å². The van der Waals surface area contributed by atoms with E-state index in [-0.39, 0.29) is 24.2 Å². The quantitative estimate of drug-likeness (QED) is 0.895. The van der Waals surface area contributed by atoms with Crippen molar-refractivity contribution in [2.24, 2.45) is 0 Å². The number of aliphatic hydroxyl groups excluding tert-OH is 1. The number of benzene rings is 1. The minimum absolute atomic E-state index is 0.0825. The molecule has 6 nitrogen and oxygen atoms in total. The number of hydrogen-bond donors (Lipinski definition) is 2. The van der Waals surface area contributed by atoms with E-state index in [4.69, 9.17) is 11.6 Å². The molecule has 1 aliphatic rings. The summed E-state index contributed by atoms with van der Waals surface area (Å²) in [7, 11) is 0. The van der Waals surface area contributed by atoms with E-state index in [0.29, 0.717) is 23.0 Å². The predicted octanol–water partition coefficient (Wildman–Crippen LogP) is 1.69. The standard InChI is InChI=1S/C16H16ClN3O3/c17-11-5-3-10(4-6-11)15-18-13(8-14(22)19-15)16(23)20-7-1-2-12(20)9-21/h3-6,8,12,21H,1-2,7,9H2,(H,18,19,22)/t12-/m1/s1. The normalized spacial score (nSPS) is 17.5. The maximum atomic E-state index is 12.6. The van der Waals surface area contributed by atoms with Gasteiger partial charge in [-0.25, -0.2) is 4.98 Å². The number of nitrogens with one attached hydrogen (secondary N) is 1. The number of carbonyl (C=O) groups is 1. The molecule has 7 heteroatoms. The number of likely N-dealkylation sites (tertiary alicyclic amines) is 1. The van der Waals surface area contributed by atoms with Crippen LogP contribution >= 0.6 is 11.6 Å². The van der Waals surface area contributed by atoms with Crippen molar-refractivity contribution in [2.75, 3.05) is 13.2 Å². The highest BCUT2D eigenvalue weighted by molar-refractivity contribution is 6.30. The highest BCUT2D eigenvalue weighted by Crippen LogP contribution is 2.20. The van der Waals surface area contributed by atoms with Crippen LogP contribution in [-0.4, -0.2) is 45.1 Å². The Morgan fingerprint density at radius 2 is 2.13 bits per heavy atom. The molecule has 0 bridgehead atoms. The number of halogens is 1. The maximum Gasteiger partial charge on any atom is 0.273 e. The highest BCUT2D eigenvalue weighted by atomic mass is 35.5. The van der Waals surface area contributed by atoms with Crippen LogP contribution in [0.1, 0.15) is 23.3 Å². The molecular weight excluding hydrogens is 318 g/mol. The number of hydrogen-bond acceptors (Lipinski definition) is 4. The van der Waals surface area contributed by atoms with Gasteiger partial charge in [0.25, 0.3) is 11.5 Å². The Kier molecular flexibility index (Phi) is 4.45. The largest absolute Gasteiger partial charge is 0.394 e. The average molecular weight is 334 g/mol. The molecule has 2 N–H and O–H groups in total. The summed E-state index contributed by atoms with van der Waals surface area (Å²) in [6, 6.07) is 7.81. The fourth-order valence-corrected chi connectivity index (χ4v) is 2.88. The molecule has 0 aliphatic carbocycles. The molecule has 0 unspecified atom stereocenters. The Morgan fingerprint density at radius 3 is 2.83 bits per heavy atom. The zero-order valence-corrected chi connectivity index (χ0v) is 13.1. The van der Waals surface area contributed by atoms with Gasteiger partial charge in [0.05, 0.1) is 12.6 Å². The molecule has 1 amide bonds. The van der Waals surface area contributed by atoms with Crippen molar-refractivity contribution in [3.63, 3.8) is 0 Å². The second kappa shape index (κ2) is 6.52. The SMILES string of the molecule is O=C(c1cc(=O)[nH]c(-c2ccc(Cl)cc2)n1)N1CCC[C@@H]1CO. The van der Waals surface area contributed by atoms with E-state index in [9.17, 15) is 14.7 Å². The molecule has 1 aromatic carbocycles. The molecule has 0 radical (unpaired) electrons. The molecule has 23 heavy (non-hydrogen) atoms. The molecule has 120 valence electrons. The Bertz CT molecular complexity index is 773.